The average Bonchev–Trinajstić information content (AvgIpc) is 2.74. The molecule has 2 aromatic carbocycles. The second-order valence-corrected chi connectivity index (χ2v) is 6.89. The molecule has 3 rings (SSSR count). The van der Waals surface area contributed by atoms with Crippen molar-refractivity contribution in [1.82, 2.24) is 4.98 Å². The zero-order valence-corrected chi connectivity index (χ0v) is 17.4. The molecule has 0 saturated heterocycles. The van der Waals surface area contributed by atoms with Crippen molar-refractivity contribution in [2.24, 2.45) is 0 Å². The summed E-state index contributed by atoms with van der Waals surface area (Å²) in [6, 6.07) is 6.58. The summed E-state index contributed by atoms with van der Waals surface area (Å²) in [6.07, 6.45) is -8.91. The Hall–Kier alpha value is -4.16. The first-order valence-electron chi connectivity index (χ1n) is 9.45. The molecule has 1 N–H and O–H groups in total. The number of alkyl halides is 6. The molecule has 1 amide bonds. The Labute approximate surface area is 192 Å². The van der Waals surface area contributed by atoms with E-state index in [1.807, 2.05) is 0 Å². The SMILES string of the molecule is CC(=O)c1cc(NC(=O)c2cc(F)c(C(F)(F)F)cc2Oc2ccc(OC(F)(F)F)cc2)ccn1. The lowest BCUT2D eigenvalue weighted by atomic mass is 10.1. The number of nitrogens with zero attached hydrogens (tertiary/aromatic N) is 1. The van der Waals surface area contributed by atoms with Gasteiger partial charge in [-0.15, -0.1) is 13.2 Å². The molecule has 0 unspecified atom stereocenters. The Bertz CT molecular complexity index is 1260. The van der Waals surface area contributed by atoms with Crippen LogP contribution in [0.2, 0.25) is 0 Å². The van der Waals surface area contributed by atoms with E-state index in [4.69, 9.17) is 4.74 Å². The number of carbonyl (C=O) groups is 2. The van der Waals surface area contributed by atoms with Crippen LogP contribution in [-0.2, 0) is 6.18 Å². The maximum absolute atomic E-state index is 14.2. The average molecular weight is 502 g/mol. The van der Waals surface area contributed by atoms with Gasteiger partial charge in [0.1, 0.15) is 28.8 Å². The van der Waals surface area contributed by atoms with Crippen LogP contribution in [0.15, 0.2) is 54.7 Å². The fraction of sp³-hybridized carbons (Fsp3) is 0.136. The van der Waals surface area contributed by atoms with Gasteiger partial charge in [-0.05, 0) is 48.5 Å². The number of halogens is 7. The van der Waals surface area contributed by atoms with Gasteiger partial charge in [0.25, 0.3) is 5.91 Å². The highest BCUT2D eigenvalue weighted by Crippen LogP contribution is 2.37. The van der Waals surface area contributed by atoms with Crippen molar-refractivity contribution in [1.29, 1.82) is 0 Å². The predicted octanol–water partition coefficient (Wildman–Crippen LogP) is 6.39. The lowest BCUT2D eigenvalue weighted by Crippen LogP contribution is -2.17. The van der Waals surface area contributed by atoms with Crippen molar-refractivity contribution in [3.8, 4) is 17.2 Å². The van der Waals surface area contributed by atoms with E-state index in [-0.39, 0.29) is 23.2 Å². The Balaban J connectivity index is 1.97. The Morgan fingerprint density at radius 1 is 0.914 bits per heavy atom. The fourth-order valence-electron chi connectivity index (χ4n) is 2.77. The molecule has 1 aromatic heterocycles. The topological polar surface area (TPSA) is 77.5 Å². The smallest absolute Gasteiger partial charge is 0.457 e. The number of carbonyl (C=O) groups excluding carboxylic acids is 2. The van der Waals surface area contributed by atoms with Gasteiger partial charge in [0.05, 0.1) is 11.1 Å². The van der Waals surface area contributed by atoms with Crippen molar-refractivity contribution in [3.05, 3.63) is 77.4 Å². The lowest BCUT2D eigenvalue weighted by Gasteiger charge is -2.16. The number of nitrogens with one attached hydrogen (secondary N) is 1. The van der Waals surface area contributed by atoms with Gasteiger partial charge in [-0.1, -0.05) is 0 Å². The van der Waals surface area contributed by atoms with Gasteiger partial charge >= 0.3 is 12.5 Å². The van der Waals surface area contributed by atoms with E-state index in [2.05, 4.69) is 15.0 Å². The molecular formula is C22H13F7N2O4. The highest BCUT2D eigenvalue weighted by Gasteiger charge is 2.36. The third kappa shape index (κ3) is 6.68. The number of benzene rings is 2. The number of Topliss-reactive ketones (excluding diaryl/α,β-unsaturated/α-hetero) is 1. The molecule has 1 heterocycles. The van der Waals surface area contributed by atoms with E-state index >= 15 is 0 Å². The summed E-state index contributed by atoms with van der Waals surface area (Å²) in [5.41, 5.74) is -2.37. The van der Waals surface area contributed by atoms with E-state index in [0.29, 0.717) is 6.07 Å². The van der Waals surface area contributed by atoms with Crippen LogP contribution in [0.5, 0.6) is 17.2 Å². The molecule has 13 heteroatoms. The van der Waals surface area contributed by atoms with Gasteiger partial charge in [-0.25, -0.2) is 4.39 Å². The fourth-order valence-corrected chi connectivity index (χ4v) is 2.77. The molecule has 0 atom stereocenters. The minimum atomic E-state index is -5.14. The monoisotopic (exact) mass is 502 g/mol. The summed E-state index contributed by atoms with van der Waals surface area (Å²) in [4.78, 5) is 28.0. The van der Waals surface area contributed by atoms with E-state index < -0.39 is 52.7 Å². The van der Waals surface area contributed by atoms with Gasteiger partial charge in [0.15, 0.2) is 5.78 Å². The number of aromatic nitrogens is 1. The number of hydrogen-bond acceptors (Lipinski definition) is 5. The van der Waals surface area contributed by atoms with Gasteiger partial charge in [0, 0.05) is 18.8 Å². The highest BCUT2D eigenvalue weighted by molar-refractivity contribution is 6.06. The highest BCUT2D eigenvalue weighted by atomic mass is 19.4. The van der Waals surface area contributed by atoms with Crippen molar-refractivity contribution in [3.63, 3.8) is 0 Å². The van der Waals surface area contributed by atoms with Crippen molar-refractivity contribution >= 4 is 17.4 Å². The molecule has 35 heavy (non-hydrogen) atoms. The standard InChI is InChI=1S/C22H13F7N2O4/c1-11(32)18-8-12(6-7-30-18)31-20(33)15-9-17(23)16(21(24,25)26)10-19(15)34-13-2-4-14(5-3-13)35-22(27,28)29/h2-10H,1H3,(H,30,31,33). The molecule has 0 aliphatic carbocycles. The van der Waals surface area contributed by atoms with Crippen molar-refractivity contribution in [2.75, 3.05) is 5.32 Å². The van der Waals surface area contributed by atoms with Gasteiger partial charge in [-0.3, -0.25) is 14.6 Å². The Morgan fingerprint density at radius 3 is 2.11 bits per heavy atom. The van der Waals surface area contributed by atoms with E-state index in [1.54, 1.807) is 0 Å². The van der Waals surface area contributed by atoms with E-state index in [1.165, 1.54) is 25.3 Å². The van der Waals surface area contributed by atoms with Crippen LogP contribution in [-0.4, -0.2) is 23.0 Å². The third-order valence-electron chi connectivity index (χ3n) is 4.28. The molecule has 0 fully saturated rings. The minimum absolute atomic E-state index is 0.0148. The molecule has 0 saturated carbocycles. The second-order valence-electron chi connectivity index (χ2n) is 6.89. The summed E-state index contributed by atoms with van der Waals surface area (Å²) in [6.45, 7) is 1.22. The molecule has 184 valence electrons. The maximum Gasteiger partial charge on any atom is 0.573 e. The minimum Gasteiger partial charge on any atom is -0.457 e. The summed E-state index contributed by atoms with van der Waals surface area (Å²) in [7, 11) is 0. The van der Waals surface area contributed by atoms with Crippen molar-refractivity contribution < 1.29 is 49.8 Å². The molecule has 0 bridgehead atoms. The van der Waals surface area contributed by atoms with Gasteiger partial charge in [0.2, 0.25) is 0 Å². The van der Waals surface area contributed by atoms with Crippen LogP contribution in [0.4, 0.5) is 36.4 Å². The number of amides is 1. The third-order valence-corrected chi connectivity index (χ3v) is 4.28. The molecule has 0 radical (unpaired) electrons. The summed E-state index contributed by atoms with van der Waals surface area (Å²) in [5.74, 6) is -4.91. The zero-order chi connectivity index (χ0) is 26.0. The molecule has 0 aliphatic rings. The number of ketones is 1. The lowest BCUT2D eigenvalue weighted by molar-refractivity contribution is -0.274. The Kier molecular flexibility index (Phi) is 6.99. The molecule has 0 spiro atoms. The largest absolute Gasteiger partial charge is 0.573 e. The van der Waals surface area contributed by atoms with E-state index in [0.717, 1.165) is 24.3 Å². The van der Waals surface area contributed by atoms with Crippen molar-refractivity contribution in [2.45, 2.75) is 19.5 Å². The van der Waals surface area contributed by atoms with Crippen LogP contribution in [0.1, 0.15) is 33.3 Å². The van der Waals surface area contributed by atoms with Gasteiger partial charge in [-0.2, -0.15) is 13.2 Å². The van der Waals surface area contributed by atoms with Crippen LogP contribution in [0.25, 0.3) is 0 Å². The first-order valence-corrected chi connectivity index (χ1v) is 9.45. The van der Waals surface area contributed by atoms with Crippen LogP contribution in [0.3, 0.4) is 0 Å². The normalized spacial score (nSPS) is 11.7. The first kappa shape index (κ1) is 25.5. The molecule has 0 aliphatic heterocycles. The second kappa shape index (κ2) is 9.60. The zero-order valence-electron chi connectivity index (χ0n) is 17.4. The number of hydrogen-bond donors (Lipinski definition) is 1. The summed E-state index contributed by atoms with van der Waals surface area (Å²) >= 11 is 0. The quantitative estimate of drug-likeness (QED) is 0.313. The number of rotatable bonds is 6. The van der Waals surface area contributed by atoms with Crippen LogP contribution >= 0.6 is 0 Å². The van der Waals surface area contributed by atoms with Crippen LogP contribution in [0, 0.1) is 5.82 Å². The Morgan fingerprint density at radius 2 is 1.54 bits per heavy atom. The molecule has 3 aromatic rings. The molecule has 6 nitrogen and oxygen atoms in total. The first-order chi connectivity index (χ1) is 16.2. The predicted molar refractivity (Wildman–Crippen MR) is 107 cm³/mol. The van der Waals surface area contributed by atoms with Gasteiger partial charge < -0.3 is 14.8 Å². The van der Waals surface area contributed by atoms with E-state index in [9.17, 15) is 40.3 Å². The number of pyridine rings is 1. The summed E-state index contributed by atoms with van der Waals surface area (Å²) < 4.78 is 99.8. The molecular weight excluding hydrogens is 489 g/mol. The number of ether oxygens (including phenoxy) is 2. The van der Waals surface area contributed by atoms with Crippen LogP contribution < -0.4 is 14.8 Å². The number of anilines is 1. The maximum atomic E-state index is 14.2. The summed E-state index contributed by atoms with van der Waals surface area (Å²) in [5, 5.41) is 2.30.